The van der Waals surface area contributed by atoms with Crippen LogP contribution in [0.4, 0.5) is 11.6 Å². The second-order valence-electron chi connectivity index (χ2n) is 7.22. The molecule has 9 nitrogen and oxygen atoms in total. The van der Waals surface area contributed by atoms with Crippen LogP contribution in [0.15, 0.2) is 12.4 Å². The number of fused-ring (bicyclic) bond motifs is 1. The zero-order valence-electron chi connectivity index (χ0n) is 15.3. The fourth-order valence-corrected chi connectivity index (χ4v) is 4.32. The molecule has 0 unspecified atom stereocenters. The van der Waals surface area contributed by atoms with Crippen LogP contribution < -0.4 is 5.32 Å². The Morgan fingerprint density at radius 1 is 1.14 bits per heavy atom. The molecule has 0 saturated carbocycles. The van der Waals surface area contributed by atoms with E-state index in [1.807, 2.05) is 4.68 Å². The predicted molar refractivity (Wildman–Crippen MR) is 106 cm³/mol. The Morgan fingerprint density at radius 3 is 2.64 bits per heavy atom. The lowest BCUT2D eigenvalue weighted by molar-refractivity contribution is -0.0734. The van der Waals surface area contributed by atoms with Crippen molar-refractivity contribution in [1.29, 1.82) is 0 Å². The molecule has 5 rings (SSSR count). The molecular formula is C17H20Cl2N8O. The molecule has 0 amide bonds. The highest BCUT2D eigenvalue weighted by molar-refractivity contribution is 6.34. The van der Waals surface area contributed by atoms with Crippen LogP contribution in [0.2, 0.25) is 10.3 Å². The Kier molecular flexibility index (Phi) is 4.62. The third-order valence-corrected chi connectivity index (χ3v) is 6.15. The first-order valence-corrected chi connectivity index (χ1v) is 10.0. The number of nitrogens with one attached hydrogen (secondary N) is 1. The maximum Gasteiger partial charge on any atom is 0.229 e. The molecule has 2 aliphatic heterocycles. The molecule has 2 fully saturated rings. The lowest BCUT2D eigenvalue weighted by atomic mass is 10.0. The summed E-state index contributed by atoms with van der Waals surface area (Å²) in [4.78, 5) is 11.3. The van der Waals surface area contributed by atoms with E-state index in [2.05, 4.69) is 30.4 Å². The summed E-state index contributed by atoms with van der Waals surface area (Å²) in [6, 6.07) is 0.874. The average Bonchev–Trinajstić information content (AvgIpc) is 3.14. The van der Waals surface area contributed by atoms with Crippen LogP contribution in [0.5, 0.6) is 0 Å². The zero-order valence-corrected chi connectivity index (χ0v) is 16.9. The second-order valence-corrected chi connectivity index (χ2v) is 7.94. The summed E-state index contributed by atoms with van der Waals surface area (Å²) in [6.45, 7) is 3.79. The molecule has 2 saturated heterocycles. The number of rotatable bonds is 4. The lowest BCUT2D eigenvalue weighted by Crippen LogP contribution is -2.51. The summed E-state index contributed by atoms with van der Waals surface area (Å²) in [5.41, 5.74) is 1.34. The molecule has 5 heterocycles. The van der Waals surface area contributed by atoms with Crippen LogP contribution in [0.25, 0.3) is 11.0 Å². The van der Waals surface area contributed by atoms with Gasteiger partial charge in [0.15, 0.2) is 16.0 Å². The highest BCUT2D eigenvalue weighted by Crippen LogP contribution is 2.32. The molecule has 11 heteroatoms. The number of hydrogen-bond donors (Lipinski definition) is 1. The minimum absolute atomic E-state index is 0.291. The lowest BCUT2D eigenvalue weighted by Gasteiger charge is -2.41. The molecule has 0 atom stereocenters. The molecule has 28 heavy (non-hydrogen) atoms. The van der Waals surface area contributed by atoms with Crippen LogP contribution in [0, 0.1) is 0 Å². The summed E-state index contributed by atoms with van der Waals surface area (Å²) in [5.74, 6) is 0.424. The molecule has 1 N–H and O–H groups in total. The monoisotopic (exact) mass is 422 g/mol. The normalized spacial score (nSPS) is 19.2. The summed E-state index contributed by atoms with van der Waals surface area (Å²) >= 11 is 12.7. The number of aromatic nitrogens is 6. The highest BCUT2D eigenvalue weighted by atomic mass is 35.5. The largest absolute Gasteiger partial charge is 0.378 e. The van der Waals surface area contributed by atoms with Crippen molar-refractivity contribution >= 4 is 45.9 Å². The number of likely N-dealkylation sites (tertiary alicyclic amines) is 1. The van der Waals surface area contributed by atoms with E-state index in [4.69, 9.17) is 27.9 Å². The van der Waals surface area contributed by atoms with Gasteiger partial charge in [0.05, 0.1) is 42.6 Å². The van der Waals surface area contributed by atoms with Crippen LogP contribution in [-0.4, -0.2) is 66.8 Å². The van der Waals surface area contributed by atoms with Crippen molar-refractivity contribution in [3.05, 3.63) is 22.7 Å². The van der Waals surface area contributed by atoms with Gasteiger partial charge in [-0.25, -0.2) is 14.3 Å². The van der Waals surface area contributed by atoms with Crippen LogP contribution >= 0.6 is 23.2 Å². The SMILES string of the molecule is Cn1nc(Cl)c2cnc(Nc3cnn(C4CCN(C5COC5)CC4)c3Cl)nc21. The number of hydrogen-bond acceptors (Lipinski definition) is 7. The van der Waals surface area contributed by atoms with Crippen molar-refractivity contribution in [1.82, 2.24) is 34.4 Å². The third kappa shape index (κ3) is 3.12. The molecule has 3 aromatic heterocycles. The van der Waals surface area contributed by atoms with Gasteiger partial charge >= 0.3 is 0 Å². The van der Waals surface area contributed by atoms with Crippen LogP contribution in [0.3, 0.4) is 0 Å². The summed E-state index contributed by atoms with van der Waals surface area (Å²) in [5, 5.41) is 13.5. The Balaban J connectivity index is 1.31. The van der Waals surface area contributed by atoms with Crippen molar-refractivity contribution < 1.29 is 4.74 Å². The van der Waals surface area contributed by atoms with E-state index >= 15 is 0 Å². The first-order chi connectivity index (χ1) is 13.6. The van der Waals surface area contributed by atoms with Gasteiger partial charge in [0.1, 0.15) is 0 Å². The van der Waals surface area contributed by atoms with E-state index in [9.17, 15) is 0 Å². The fraction of sp³-hybridized carbons (Fsp3) is 0.529. The Morgan fingerprint density at radius 2 is 1.93 bits per heavy atom. The van der Waals surface area contributed by atoms with E-state index in [1.54, 1.807) is 24.1 Å². The molecule has 0 aromatic carbocycles. The number of ether oxygens (including phenoxy) is 1. The molecule has 2 aliphatic rings. The van der Waals surface area contributed by atoms with E-state index in [0.29, 0.717) is 45.1 Å². The maximum absolute atomic E-state index is 6.61. The maximum atomic E-state index is 6.61. The zero-order chi connectivity index (χ0) is 19.3. The van der Waals surface area contributed by atoms with Crippen molar-refractivity contribution in [2.24, 2.45) is 7.05 Å². The smallest absolute Gasteiger partial charge is 0.229 e. The van der Waals surface area contributed by atoms with Gasteiger partial charge in [-0.15, -0.1) is 0 Å². The number of aryl methyl sites for hydroxylation is 1. The van der Waals surface area contributed by atoms with Gasteiger partial charge in [-0.1, -0.05) is 23.2 Å². The van der Waals surface area contributed by atoms with Crippen LogP contribution in [0.1, 0.15) is 18.9 Å². The van der Waals surface area contributed by atoms with E-state index in [-0.39, 0.29) is 0 Å². The molecule has 0 bridgehead atoms. The van der Waals surface area contributed by atoms with Crippen molar-refractivity contribution in [3.63, 3.8) is 0 Å². The Hall–Kier alpha value is -1.94. The summed E-state index contributed by atoms with van der Waals surface area (Å²) in [6.07, 6.45) is 5.41. The first-order valence-electron chi connectivity index (χ1n) is 9.27. The minimum Gasteiger partial charge on any atom is -0.378 e. The first kappa shape index (κ1) is 18.1. The van der Waals surface area contributed by atoms with Gasteiger partial charge in [-0.05, 0) is 12.8 Å². The van der Waals surface area contributed by atoms with Crippen molar-refractivity contribution in [2.45, 2.75) is 24.9 Å². The summed E-state index contributed by atoms with van der Waals surface area (Å²) < 4.78 is 8.82. The van der Waals surface area contributed by atoms with Gasteiger partial charge in [-0.3, -0.25) is 4.90 Å². The Bertz CT molecular complexity index is 1010. The molecule has 0 spiro atoms. The van der Waals surface area contributed by atoms with Gasteiger partial charge in [0.2, 0.25) is 5.95 Å². The Labute approximate surface area is 171 Å². The quantitative estimate of drug-likeness (QED) is 0.691. The highest BCUT2D eigenvalue weighted by Gasteiger charge is 2.31. The molecule has 0 aliphatic carbocycles. The van der Waals surface area contributed by atoms with E-state index < -0.39 is 0 Å². The molecule has 3 aromatic rings. The van der Waals surface area contributed by atoms with E-state index in [0.717, 1.165) is 39.1 Å². The van der Waals surface area contributed by atoms with Gasteiger partial charge in [0.25, 0.3) is 0 Å². The van der Waals surface area contributed by atoms with Crippen molar-refractivity contribution in [3.8, 4) is 0 Å². The van der Waals surface area contributed by atoms with Crippen molar-refractivity contribution in [2.75, 3.05) is 31.6 Å². The molecule has 148 valence electrons. The predicted octanol–water partition coefficient (Wildman–Crippen LogP) is 2.65. The summed E-state index contributed by atoms with van der Waals surface area (Å²) in [7, 11) is 1.79. The minimum atomic E-state index is 0.291. The third-order valence-electron chi connectivity index (χ3n) is 5.50. The van der Waals surface area contributed by atoms with Gasteiger partial charge in [0, 0.05) is 26.3 Å². The standard InChI is InChI=1S/C17H20Cl2N8O/c1-25-16-12(14(18)24-25)6-20-17(23-16)22-13-7-21-27(15(13)19)10-2-4-26(5-3-10)11-8-28-9-11/h6-7,10-11H,2-5,8-9H2,1H3,(H,20,22,23). The number of anilines is 2. The van der Waals surface area contributed by atoms with Gasteiger partial charge in [-0.2, -0.15) is 15.2 Å². The molecule has 0 radical (unpaired) electrons. The average molecular weight is 423 g/mol. The van der Waals surface area contributed by atoms with Gasteiger partial charge < -0.3 is 10.1 Å². The number of piperidine rings is 1. The number of halogens is 2. The van der Waals surface area contributed by atoms with E-state index in [1.165, 1.54) is 0 Å². The van der Waals surface area contributed by atoms with Crippen LogP contribution in [-0.2, 0) is 11.8 Å². The number of nitrogens with zero attached hydrogens (tertiary/aromatic N) is 7. The fourth-order valence-electron chi connectivity index (χ4n) is 3.79. The molecular weight excluding hydrogens is 403 g/mol. The second kappa shape index (κ2) is 7.14. The topological polar surface area (TPSA) is 85.9 Å².